The van der Waals surface area contributed by atoms with Crippen LogP contribution in [0, 0.1) is 12.8 Å². The molecule has 0 radical (unpaired) electrons. The molecule has 0 saturated carbocycles. The van der Waals surface area contributed by atoms with Crippen molar-refractivity contribution in [2.45, 2.75) is 39.5 Å². The minimum absolute atomic E-state index is 0.00710. The van der Waals surface area contributed by atoms with Crippen molar-refractivity contribution in [2.24, 2.45) is 5.92 Å². The number of anilines is 1. The third-order valence-electron chi connectivity index (χ3n) is 4.27. The lowest BCUT2D eigenvalue weighted by Crippen LogP contribution is -2.23. The van der Waals surface area contributed by atoms with E-state index < -0.39 is 0 Å². The van der Waals surface area contributed by atoms with Crippen LogP contribution in [-0.4, -0.2) is 39.9 Å². The molecule has 1 aliphatic heterocycles. The normalized spacial score (nSPS) is 18.0. The number of hydrogen-bond donors (Lipinski definition) is 0. The van der Waals surface area contributed by atoms with Gasteiger partial charge in [0.05, 0.1) is 12.3 Å². The molecule has 6 nitrogen and oxygen atoms in total. The van der Waals surface area contributed by atoms with Gasteiger partial charge in [-0.15, -0.1) is 5.10 Å². The van der Waals surface area contributed by atoms with Crippen LogP contribution < -0.4 is 9.64 Å². The molecule has 1 aliphatic rings. The van der Waals surface area contributed by atoms with Crippen molar-refractivity contribution in [3.8, 4) is 5.88 Å². The number of nitrogens with zero attached hydrogens (tertiary/aromatic N) is 5. The summed E-state index contributed by atoms with van der Waals surface area (Å²) in [4.78, 5) is 10.8. The summed E-state index contributed by atoms with van der Waals surface area (Å²) >= 11 is 0. The lowest BCUT2D eigenvalue weighted by Gasteiger charge is -2.18. The first-order chi connectivity index (χ1) is 11.4. The summed E-state index contributed by atoms with van der Waals surface area (Å²) in [5.74, 6) is 2.07. The predicted molar refractivity (Wildman–Crippen MR) is 93.3 cm³/mol. The molecule has 1 unspecified atom stereocenters. The molecule has 2 aromatic rings. The molecule has 3 heterocycles. The molecule has 0 spiro atoms. The maximum absolute atomic E-state index is 5.83. The molecule has 2 aromatic heterocycles. The van der Waals surface area contributed by atoms with E-state index in [9.17, 15) is 0 Å². The summed E-state index contributed by atoms with van der Waals surface area (Å²) in [6, 6.07) is 5.93. The lowest BCUT2D eigenvalue weighted by atomic mass is 9.92. The van der Waals surface area contributed by atoms with Crippen LogP contribution in [-0.2, 0) is 5.41 Å². The average molecular weight is 327 g/mol. The van der Waals surface area contributed by atoms with Crippen LogP contribution in [0.5, 0.6) is 5.88 Å². The van der Waals surface area contributed by atoms with E-state index in [-0.39, 0.29) is 5.41 Å². The summed E-state index contributed by atoms with van der Waals surface area (Å²) in [7, 11) is 0. The van der Waals surface area contributed by atoms with E-state index >= 15 is 0 Å². The molecular weight excluding hydrogens is 302 g/mol. The van der Waals surface area contributed by atoms with Gasteiger partial charge in [0.25, 0.3) is 0 Å². The van der Waals surface area contributed by atoms with Crippen LogP contribution in [0.3, 0.4) is 0 Å². The molecule has 0 bridgehead atoms. The van der Waals surface area contributed by atoms with Crippen molar-refractivity contribution in [1.82, 2.24) is 20.2 Å². The van der Waals surface area contributed by atoms with Crippen LogP contribution in [0.2, 0.25) is 0 Å². The quantitative estimate of drug-likeness (QED) is 0.860. The molecular formula is C18H25N5O. The maximum Gasteiger partial charge on any atom is 0.233 e. The van der Waals surface area contributed by atoms with Gasteiger partial charge in [-0.05, 0) is 19.4 Å². The largest absolute Gasteiger partial charge is 0.476 e. The minimum atomic E-state index is 0.00710. The SMILES string of the molecule is Cc1cc(N2CCC(COc3ccc(C(C)(C)C)nn3)C2)ncn1. The van der Waals surface area contributed by atoms with E-state index in [1.54, 1.807) is 6.33 Å². The summed E-state index contributed by atoms with van der Waals surface area (Å²) in [5.41, 5.74) is 1.97. The molecule has 0 N–H and O–H groups in total. The van der Waals surface area contributed by atoms with Gasteiger partial charge in [0.15, 0.2) is 0 Å². The van der Waals surface area contributed by atoms with Crippen LogP contribution in [0.4, 0.5) is 5.82 Å². The summed E-state index contributed by atoms with van der Waals surface area (Å²) < 4.78 is 5.83. The minimum Gasteiger partial charge on any atom is -0.476 e. The van der Waals surface area contributed by atoms with Crippen LogP contribution >= 0.6 is 0 Å². The number of aromatic nitrogens is 4. The molecule has 6 heteroatoms. The molecule has 3 rings (SSSR count). The Morgan fingerprint density at radius 2 is 2.04 bits per heavy atom. The van der Waals surface area contributed by atoms with Crippen molar-refractivity contribution in [3.05, 3.63) is 35.9 Å². The van der Waals surface area contributed by atoms with E-state index in [1.807, 2.05) is 25.1 Å². The number of ether oxygens (including phenoxy) is 1. The third-order valence-corrected chi connectivity index (χ3v) is 4.27. The Morgan fingerprint density at radius 1 is 1.21 bits per heavy atom. The van der Waals surface area contributed by atoms with Crippen LogP contribution in [0.25, 0.3) is 0 Å². The first kappa shape index (κ1) is 16.6. The summed E-state index contributed by atoms with van der Waals surface area (Å²) in [6.45, 7) is 11.0. The van der Waals surface area contributed by atoms with Crippen molar-refractivity contribution < 1.29 is 4.74 Å². The Bertz CT molecular complexity index is 681. The highest BCUT2D eigenvalue weighted by Gasteiger charge is 2.24. The summed E-state index contributed by atoms with van der Waals surface area (Å²) in [5, 5.41) is 8.45. The Balaban J connectivity index is 1.53. The fourth-order valence-electron chi connectivity index (χ4n) is 2.79. The second-order valence-electron chi connectivity index (χ2n) is 7.44. The topological polar surface area (TPSA) is 64.0 Å². The van der Waals surface area contributed by atoms with Crippen LogP contribution in [0.15, 0.2) is 24.5 Å². The second kappa shape index (κ2) is 6.71. The zero-order chi connectivity index (χ0) is 17.2. The van der Waals surface area contributed by atoms with Crippen LogP contribution in [0.1, 0.15) is 38.6 Å². The Kier molecular flexibility index (Phi) is 4.64. The molecule has 1 atom stereocenters. The van der Waals surface area contributed by atoms with E-state index in [2.05, 4.69) is 45.8 Å². The van der Waals surface area contributed by atoms with E-state index in [1.165, 1.54) is 0 Å². The van der Waals surface area contributed by atoms with Crippen molar-refractivity contribution >= 4 is 5.82 Å². The van der Waals surface area contributed by atoms with E-state index in [4.69, 9.17) is 4.74 Å². The van der Waals surface area contributed by atoms with Gasteiger partial charge in [-0.3, -0.25) is 0 Å². The highest BCUT2D eigenvalue weighted by Crippen LogP contribution is 2.23. The van der Waals surface area contributed by atoms with Gasteiger partial charge in [-0.1, -0.05) is 20.8 Å². The van der Waals surface area contributed by atoms with E-state index in [0.29, 0.717) is 18.4 Å². The fraction of sp³-hybridized carbons (Fsp3) is 0.556. The van der Waals surface area contributed by atoms with Gasteiger partial charge in [0, 0.05) is 42.2 Å². The number of aryl methyl sites for hydroxylation is 1. The molecule has 1 saturated heterocycles. The lowest BCUT2D eigenvalue weighted by molar-refractivity contribution is 0.249. The van der Waals surface area contributed by atoms with Gasteiger partial charge in [-0.2, -0.15) is 5.10 Å². The Morgan fingerprint density at radius 3 is 2.71 bits per heavy atom. The predicted octanol–water partition coefficient (Wildman–Crippen LogP) is 2.78. The second-order valence-corrected chi connectivity index (χ2v) is 7.44. The summed E-state index contributed by atoms with van der Waals surface area (Å²) in [6.07, 6.45) is 2.72. The van der Waals surface area contributed by atoms with E-state index in [0.717, 1.165) is 36.7 Å². The van der Waals surface area contributed by atoms with Gasteiger partial charge < -0.3 is 9.64 Å². The van der Waals surface area contributed by atoms with Gasteiger partial charge in [0.1, 0.15) is 12.1 Å². The van der Waals surface area contributed by atoms with Crippen molar-refractivity contribution in [1.29, 1.82) is 0 Å². The smallest absolute Gasteiger partial charge is 0.233 e. The highest BCUT2D eigenvalue weighted by atomic mass is 16.5. The molecule has 128 valence electrons. The zero-order valence-electron chi connectivity index (χ0n) is 14.9. The third kappa shape index (κ3) is 3.99. The average Bonchev–Trinajstić information content (AvgIpc) is 3.01. The molecule has 1 fully saturated rings. The maximum atomic E-state index is 5.83. The first-order valence-corrected chi connectivity index (χ1v) is 8.42. The van der Waals surface area contributed by atoms with Gasteiger partial charge in [0.2, 0.25) is 5.88 Å². The highest BCUT2D eigenvalue weighted by molar-refractivity contribution is 5.39. The van der Waals surface area contributed by atoms with Crippen molar-refractivity contribution in [3.63, 3.8) is 0 Å². The molecule has 24 heavy (non-hydrogen) atoms. The van der Waals surface area contributed by atoms with Crippen molar-refractivity contribution in [2.75, 3.05) is 24.6 Å². The Hall–Kier alpha value is -2.24. The molecule has 0 amide bonds. The van der Waals surface area contributed by atoms with Gasteiger partial charge in [-0.25, -0.2) is 9.97 Å². The molecule has 0 aromatic carbocycles. The molecule has 0 aliphatic carbocycles. The number of hydrogen-bond acceptors (Lipinski definition) is 6. The monoisotopic (exact) mass is 327 g/mol. The fourth-order valence-corrected chi connectivity index (χ4v) is 2.79. The zero-order valence-corrected chi connectivity index (χ0v) is 14.9. The Labute approximate surface area is 143 Å². The standard InChI is InChI=1S/C18H25N5O/c1-13-9-16(20-12-19-13)23-8-7-14(10-23)11-24-17-6-5-15(21-22-17)18(2,3)4/h5-6,9,12,14H,7-8,10-11H2,1-4H3. The first-order valence-electron chi connectivity index (χ1n) is 8.42. The van der Waals surface area contributed by atoms with Gasteiger partial charge >= 0.3 is 0 Å². The number of rotatable bonds is 4.